The third kappa shape index (κ3) is 5.00. The molecule has 0 bridgehead atoms. The molecule has 0 aromatic heterocycles. The first-order valence-corrected chi connectivity index (χ1v) is 10.8. The lowest BCUT2D eigenvalue weighted by Crippen LogP contribution is -2.32. The minimum absolute atomic E-state index is 0.0758. The summed E-state index contributed by atoms with van der Waals surface area (Å²) in [6, 6.07) is 23.3. The van der Waals surface area contributed by atoms with E-state index in [9.17, 15) is 13.2 Å². The quantitative estimate of drug-likeness (QED) is 0.639. The van der Waals surface area contributed by atoms with Crippen LogP contribution in [0.5, 0.6) is 0 Å². The Kier molecular flexibility index (Phi) is 6.17. The number of sulfone groups is 1. The normalized spacial score (nSPS) is 12.4. The first-order valence-electron chi connectivity index (χ1n) is 8.78. The number of nitrogens with one attached hydrogen (secondary N) is 1. The summed E-state index contributed by atoms with van der Waals surface area (Å²) >= 11 is 5.78. The molecule has 1 N–H and O–H groups in total. The van der Waals surface area contributed by atoms with Crippen LogP contribution in [-0.2, 0) is 14.6 Å². The van der Waals surface area contributed by atoms with Crippen molar-refractivity contribution in [2.75, 3.05) is 5.75 Å². The molecule has 144 valence electrons. The molecule has 28 heavy (non-hydrogen) atoms. The van der Waals surface area contributed by atoms with E-state index in [1.165, 1.54) is 24.3 Å². The summed E-state index contributed by atoms with van der Waals surface area (Å²) < 4.78 is 24.7. The van der Waals surface area contributed by atoms with Gasteiger partial charge in [-0.1, -0.05) is 66.2 Å². The topological polar surface area (TPSA) is 63.2 Å². The van der Waals surface area contributed by atoms with Gasteiger partial charge in [0.25, 0.3) is 0 Å². The van der Waals surface area contributed by atoms with Crippen molar-refractivity contribution < 1.29 is 13.2 Å². The average Bonchev–Trinajstić information content (AvgIpc) is 2.68. The summed E-state index contributed by atoms with van der Waals surface area (Å²) in [7, 11) is -3.72. The maximum atomic E-state index is 12.4. The molecule has 0 spiro atoms. The van der Waals surface area contributed by atoms with Crippen LogP contribution in [0.3, 0.4) is 0 Å². The second-order valence-corrected chi connectivity index (χ2v) is 8.92. The van der Waals surface area contributed by atoms with Crippen LogP contribution >= 0.6 is 11.6 Å². The largest absolute Gasteiger partial charge is 0.349 e. The van der Waals surface area contributed by atoms with E-state index in [2.05, 4.69) is 5.32 Å². The number of hydrogen-bond donors (Lipinski definition) is 1. The third-order valence-electron chi connectivity index (χ3n) is 4.39. The number of carbonyl (C=O) groups is 1. The Morgan fingerprint density at radius 2 is 1.46 bits per heavy atom. The minimum atomic E-state index is -3.72. The number of halogens is 1. The summed E-state index contributed by atoms with van der Waals surface area (Å²) in [4.78, 5) is 12.3. The number of hydrogen-bond acceptors (Lipinski definition) is 3. The highest BCUT2D eigenvalue weighted by Crippen LogP contribution is 2.22. The summed E-state index contributed by atoms with van der Waals surface area (Å²) in [5, 5.41) is 3.19. The van der Waals surface area contributed by atoms with Crippen molar-refractivity contribution >= 4 is 27.3 Å². The maximum absolute atomic E-state index is 12.4. The molecule has 6 heteroatoms. The molecule has 0 heterocycles. The molecule has 0 fully saturated rings. The van der Waals surface area contributed by atoms with Gasteiger partial charge in [-0.15, -0.1) is 0 Å². The molecule has 1 amide bonds. The smallest absolute Gasteiger partial charge is 0.236 e. The van der Waals surface area contributed by atoms with Crippen molar-refractivity contribution in [3.05, 3.63) is 89.4 Å². The van der Waals surface area contributed by atoms with Crippen LogP contribution in [0.2, 0.25) is 5.02 Å². The molecule has 0 saturated heterocycles. The predicted molar refractivity (Wildman–Crippen MR) is 112 cm³/mol. The Labute approximate surface area is 170 Å². The fourth-order valence-corrected chi connectivity index (χ4v) is 4.13. The molecule has 3 aromatic rings. The lowest BCUT2D eigenvalue weighted by atomic mass is 10.0. The summed E-state index contributed by atoms with van der Waals surface area (Å²) in [5.74, 6) is -1.16. The number of rotatable bonds is 6. The molecule has 0 aliphatic carbocycles. The Morgan fingerprint density at radius 3 is 2.07 bits per heavy atom. The van der Waals surface area contributed by atoms with Crippen molar-refractivity contribution in [1.29, 1.82) is 0 Å². The van der Waals surface area contributed by atoms with Gasteiger partial charge in [-0.25, -0.2) is 8.42 Å². The first-order chi connectivity index (χ1) is 13.3. The molecule has 3 rings (SSSR count). The van der Waals surface area contributed by atoms with Gasteiger partial charge in [0.2, 0.25) is 5.91 Å². The zero-order chi connectivity index (χ0) is 20.1. The zero-order valence-electron chi connectivity index (χ0n) is 15.3. The van der Waals surface area contributed by atoms with Crippen LogP contribution in [-0.4, -0.2) is 20.1 Å². The van der Waals surface area contributed by atoms with Crippen LogP contribution < -0.4 is 5.32 Å². The molecular formula is C22H20ClNO3S. The van der Waals surface area contributed by atoms with E-state index in [0.717, 1.165) is 16.7 Å². The van der Waals surface area contributed by atoms with Gasteiger partial charge < -0.3 is 5.32 Å². The van der Waals surface area contributed by atoms with Crippen molar-refractivity contribution in [2.24, 2.45) is 0 Å². The van der Waals surface area contributed by atoms with Crippen molar-refractivity contribution in [1.82, 2.24) is 5.32 Å². The average molecular weight is 414 g/mol. The molecule has 0 aliphatic rings. The molecule has 1 atom stereocenters. The van der Waals surface area contributed by atoms with Gasteiger partial charge in [0.05, 0.1) is 10.9 Å². The number of carbonyl (C=O) groups excluding carboxylic acids is 1. The van der Waals surface area contributed by atoms with Crippen LogP contribution in [0, 0.1) is 0 Å². The molecule has 0 aliphatic heterocycles. The Bertz CT molecular complexity index is 1050. The van der Waals surface area contributed by atoms with Crippen LogP contribution in [0.25, 0.3) is 11.1 Å². The maximum Gasteiger partial charge on any atom is 0.236 e. The first kappa shape index (κ1) is 20.1. The SMILES string of the molecule is CC(NC(=O)CS(=O)(=O)c1ccc(Cl)cc1)c1ccc(-c2ccccc2)cc1. The Hall–Kier alpha value is -2.63. The lowest BCUT2D eigenvalue weighted by Gasteiger charge is -2.15. The summed E-state index contributed by atoms with van der Waals surface area (Å²) in [5.41, 5.74) is 3.09. The number of benzene rings is 3. The second-order valence-electron chi connectivity index (χ2n) is 6.49. The third-order valence-corrected chi connectivity index (χ3v) is 6.27. The van der Waals surface area contributed by atoms with Gasteiger partial charge in [0, 0.05) is 5.02 Å². The highest BCUT2D eigenvalue weighted by Gasteiger charge is 2.20. The van der Waals surface area contributed by atoms with E-state index in [-0.39, 0.29) is 10.9 Å². The highest BCUT2D eigenvalue weighted by molar-refractivity contribution is 7.92. The second kappa shape index (κ2) is 8.59. The summed E-state index contributed by atoms with van der Waals surface area (Å²) in [6.07, 6.45) is 0. The molecule has 3 aromatic carbocycles. The Morgan fingerprint density at radius 1 is 0.893 bits per heavy atom. The zero-order valence-corrected chi connectivity index (χ0v) is 16.9. The Balaban J connectivity index is 1.64. The van der Waals surface area contributed by atoms with Crippen molar-refractivity contribution in [3.63, 3.8) is 0 Å². The van der Waals surface area contributed by atoms with Gasteiger partial charge in [-0.3, -0.25) is 4.79 Å². The van der Waals surface area contributed by atoms with Gasteiger partial charge in [-0.05, 0) is 47.9 Å². The molecule has 0 saturated carbocycles. The van der Waals surface area contributed by atoms with Crippen molar-refractivity contribution in [2.45, 2.75) is 17.9 Å². The molecule has 0 radical (unpaired) electrons. The molecule has 4 nitrogen and oxygen atoms in total. The van der Waals surface area contributed by atoms with E-state index in [0.29, 0.717) is 5.02 Å². The van der Waals surface area contributed by atoms with Gasteiger partial charge in [0.15, 0.2) is 9.84 Å². The monoisotopic (exact) mass is 413 g/mol. The van der Waals surface area contributed by atoms with E-state index in [4.69, 9.17) is 11.6 Å². The van der Waals surface area contributed by atoms with Gasteiger partial charge >= 0.3 is 0 Å². The van der Waals surface area contributed by atoms with Gasteiger partial charge in [-0.2, -0.15) is 0 Å². The highest BCUT2D eigenvalue weighted by atomic mass is 35.5. The van der Waals surface area contributed by atoms with Crippen LogP contribution in [0.4, 0.5) is 0 Å². The predicted octanol–water partition coefficient (Wildman–Crippen LogP) is 4.66. The molecular weight excluding hydrogens is 394 g/mol. The molecule has 1 unspecified atom stereocenters. The fourth-order valence-electron chi connectivity index (χ4n) is 2.86. The van der Waals surface area contributed by atoms with Gasteiger partial charge in [0.1, 0.15) is 5.75 Å². The van der Waals surface area contributed by atoms with Crippen molar-refractivity contribution in [3.8, 4) is 11.1 Å². The van der Waals surface area contributed by atoms with E-state index in [1.54, 1.807) is 0 Å². The lowest BCUT2D eigenvalue weighted by molar-refractivity contribution is -0.119. The van der Waals surface area contributed by atoms with Crippen LogP contribution in [0.1, 0.15) is 18.5 Å². The summed E-state index contributed by atoms with van der Waals surface area (Å²) in [6.45, 7) is 1.82. The standard InChI is InChI=1S/C22H20ClNO3S/c1-16(17-7-9-19(10-8-17)18-5-3-2-4-6-18)24-22(25)15-28(26,27)21-13-11-20(23)12-14-21/h2-14,16H,15H2,1H3,(H,24,25). The van der Waals surface area contributed by atoms with E-state index >= 15 is 0 Å². The minimum Gasteiger partial charge on any atom is -0.349 e. The fraction of sp³-hybridized carbons (Fsp3) is 0.136. The van der Waals surface area contributed by atoms with E-state index < -0.39 is 21.5 Å². The van der Waals surface area contributed by atoms with E-state index in [1.807, 2.05) is 61.5 Å². The number of amides is 1. The van der Waals surface area contributed by atoms with Crippen LogP contribution in [0.15, 0.2) is 83.8 Å².